The molecule has 535 valence electrons. The molecule has 12 aromatic rings. The van der Waals surface area contributed by atoms with E-state index < -0.39 is 0 Å². The number of anilines is 5. The van der Waals surface area contributed by atoms with Crippen molar-refractivity contribution in [2.24, 2.45) is 0 Å². The van der Waals surface area contributed by atoms with Gasteiger partial charge in [0, 0.05) is 130 Å². The fraction of sp³-hybridized carbons (Fsp3) is 0.161. The van der Waals surface area contributed by atoms with E-state index in [1.54, 1.807) is 41.1 Å². The third-order valence-corrected chi connectivity index (χ3v) is 16.9. The molecule has 0 atom stereocenters. The molecule has 1 aliphatic carbocycles. The summed E-state index contributed by atoms with van der Waals surface area (Å²) in [6, 6.07) is 115. The molecular formula is C93H93N6O6Pr-. The van der Waals surface area contributed by atoms with Gasteiger partial charge < -0.3 is 34.6 Å². The van der Waals surface area contributed by atoms with Crippen molar-refractivity contribution in [1.29, 1.82) is 0 Å². The summed E-state index contributed by atoms with van der Waals surface area (Å²) in [7, 11) is 1.78. The molecule has 0 N–H and O–H groups in total. The third-order valence-electron chi connectivity index (χ3n) is 16.9. The molecule has 1 radical (unpaired) electrons. The SMILES string of the molecule is CCCCN(C(=O)c1ccccc1)c1ccccc1.CCCN(C(=O)c1ccccc1)c1ccccc1.CCN(C(=O)c1ccccc1)c1ccccc1.CN(C(=O)c1ccccc1)c1ccccc1.O=C([N-]c1ccccc1)c1ccccc1.O=C(c1ccccc1)N(c1ccccc1)C1CCCC1.[Pr]. The van der Waals surface area contributed by atoms with Crippen LogP contribution >= 0.6 is 0 Å². The summed E-state index contributed by atoms with van der Waals surface area (Å²) in [5.41, 5.74) is 9.71. The smallest absolute Gasteiger partial charge is 0.258 e. The monoisotopic (exact) mass is 1530 g/mol. The van der Waals surface area contributed by atoms with Gasteiger partial charge in [0.25, 0.3) is 29.5 Å². The molecule has 0 unspecified atom stereocenters. The number of carbonyl (C=O) groups is 6. The van der Waals surface area contributed by atoms with E-state index in [9.17, 15) is 28.8 Å². The molecule has 6 amide bonds. The van der Waals surface area contributed by atoms with Gasteiger partial charge in [0.15, 0.2) is 0 Å². The Balaban J connectivity index is 0.000000178. The third kappa shape index (κ3) is 26.2. The fourth-order valence-electron chi connectivity index (χ4n) is 11.5. The maximum atomic E-state index is 12.9. The summed E-state index contributed by atoms with van der Waals surface area (Å²) >= 11 is 0. The van der Waals surface area contributed by atoms with Gasteiger partial charge in [-0.3, -0.25) is 24.0 Å². The van der Waals surface area contributed by atoms with Gasteiger partial charge in [-0.05, 0) is 159 Å². The molecule has 0 bridgehead atoms. The Morgan fingerprint density at radius 3 is 0.915 bits per heavy atom. The molecule has 1 saturated carbocycles. The van der Waals surface area contributed by atoms with Crippen LogP contribution in [0.25, 0.3) is 5.32 Å². The van der Waals surface area contributed by atoms with E-state index in [0.29, 0.717) is 29.4 Å². The van der Waals surface area contributed by atoms with Crippen molar-refractivity contribution >= 4 is 69.6 Å². The predicted octanol–water partition coefficient (Wildman–Crippen LogP) is 22.0. The fourth-order valence-corrected chi connectivity index (χ4v) is 11.5. The number of hydrogen-bond acceptors (Lipinski definition) is 6. The van der Waals surface area contributed by atoms with Crippen molar-refractivity contribution in [1.82, 2.24) is 0 Å². The number of nitrogens with zero attached hydrogens (tertiary/aromatic N) is 6. The molecule has 106 heavy (non-hydrogen) atoms. The predicted molar refractivity (Wildman–Crippen MR) is 432 cm³/mol. The zero-order valence-corrected chi connectivity index (χ0v) is 64.7. The minimum atomic E-state index is -0.207. The summed E-state index contributed by atoms with van der Waals surface area (Å²) in [5.74, 6) is 0.0838. The van der Waals surface area contributed by atoms with E-state index in [2.05, 4.69) is 19.2 Å². The van der Waals surface area contributed by atoms with E-state index in [4.69, 9.17) is 0 Å². The van der Waals surface area contributed by atoms with Crippen LogP contribution in [0.15, 0.2) is 364 Å². The van der Waals surface area contributed by atoms with Crippen LogP contribution in [0.2, 0.25) is 0 Å². The summed E-state index contributed by atoms with van der Waals surface area (Å²) in [4.78, 5) is 83.0. The van der Waals surface area contributed by atoms with Crippen LogP contribution in [0, 0.1) is 41.3 Å². The average molecular weight is 1530 g/mol. The number of benzene rings is 12. The maximum absolute atomic E-state index is 12.9. The van der Waals surface area contributed by atoms with Gasteiger partial charge in [0.2, 0.25) is 0 Å². The summed E-state index contributed by atoms with van der Waals surface area (Å²) in [5, 5.41) is 3.99. The van der Waals surface area contributed by atoms with E-state index in [1.807, 2.05) is 361 Å². The first-order chi connectivity index (χ1) is 51.5. The first kappa shape index (κ1) is 82.1. The number of rotatable bonds is 19. The normalized spacial score (nSPS) is 10.8. The maximum Gasteiger partial charge on any atom is 0.258 e. The van der Waals surface area contributed by atoms with E-state index in [1.165, 1.54) is 12.8 Å². The molecule has 12 nitrogen and oxygen atoms in total. The van der Waals surface area contributed by atoms with Crippen LogP contribution in [0.5, 0.6) is 0 Å². The molecule has 12 aromatic carbocycles. The van der Waals surface area contributed by atoms with Crippen LogP contribution in [0.1, 0.15) is 128 Å². The van der Waals surface area contributed by atoms with Gasteiger partial charge in [-0.1, -0.05) is 276 Å². The largest absolute Gasteiger partial charge is 0.623 e. The molecule has 0 spiro atoms. The van der Waals surface area contributed by atoms with Crippen LogP contribution in [-0.2, 0) is 0 Å². The number of hydrogen-bond donors (Lipinski definition) is 0. The molecular weight excluding hydrogens is 1440 g/mol. The molecule has 0 aromatic heterocycles. The molecule has 0 heterocycles. The van der Waals surface area contributed by atoms with Gasteiger partial charge in [0.05, 0.1) is 5.91 Å². The quantitative estimate of drug-likeness (QED) is 0.0792. The zero-order chi connectivity index (χ0) is 74.1. The van der Waals surface area contributed by atoms with Crippen LogP contribution < -0.4 is 24.5 Å². The average Bonchev–Trinajstić information content (AvgIpc) is 1.47. The van der Waals surface area contributed by atoms with Gasteiger partial charge in [-0.15, -0.1) is 5.69 Å². The second kappa shape index (κ2) is 46.5. The molecule has 13 heteroatoms. The van der Waals surface area contributed by atoms with Gasteiger partial charge in [0.1, 0.15) is 0 Å². The van der Waals surface area contributed by atoms with Crippen LogP contribution in [0.4, 0.5) is 34.1 Å². The van der Waals surface area contributed by atoms with Crippen molar-refractivity contribution in [3.63, 3.8) is 0 Å². The van der Waals surface area contributed by atoms with E-state index in [0.717, 1.165) is 95.9 Å². The molecule has 1 fully saturated rings. The first-order valence-corrected chi connectivity index (χ1v) is 35.9. The van der Waals surface area contributed by atoms with Crippen molar-refractivity contribution in [3.05, 3.63) is 403 Å². The van der Waals surface area contributed by atoms with Gasteiger partial charge in [-0.2, -0.15) is 0 Å². The Kier molecular flexibility index (Phi) is 36.0. The molecule has 1 aliphatic rings. The summed E-state index contributed by atoms with van der Waals surface area (Å²) in [6.07, 6.45) is 7.67. The van der Waals surface area contributed by atoms with Crippen molar-refractivity contribution in [2.75, 3.05) is 51.2 Å². The van der Waals surface area contributed by atoms with E-state index >= 15 is 0 Å². The minimum Gasteiger partial charge on any atom is -0.623 e. The Hall–Kier alpha value is -11.2. The first-order valence-electron chi connectivity index (χ1n) is 35.9. The Labute approximate surface area is 660 Å². The second-order valence-corrected chi connectivity index (χ2v) is 24.4. The number of para-hydroxylation sites is 6. The van der Waals surface area contributed by atoms with E-state index in [-0.39, 0.29) is 76.7 Å². The second-order valence-electron chi connectivity index (χ2n) is 24.4. The van der Waals surface area contributed by atoms with Crippen molar-refractivity contribution in [2.45, 2.75) is 71.8 Å². The number of amides is 6. The van der Waals surface area contributed by atoms with Crippen molar-refractivity contribution < 1.29 is 70.1 Å². The Bertz CT molecular complexity index is 4440. The Morgan fingerprint density at radius 1 is 0.302 bits per heavy atom. The van der Waals surface area contributed by atoms with Gasteiger partial charge in [-0.25, -0.2) is 0 Å². The van der Waals surface area contributed by atoms with Crippen LogP contribution in [-0.4, -0.2) is 68.2 Å². The summed E-state index contributed by atoms with van der Waals surface area (Å²) < 4.78 is 0. The van der Waals surface area contributed by atoms with Crippen molar-refractivity contribution in [3.8, 4) is 0 Å². The number of carbonyl (C=O) groups excluding carboxylic acids is 6. The van der Waals surface area contributed by atoms with Gasteiger partial charge >= 0.3 is 0 Å². The Morgan fingerprint density at radius 2 is 0.575 bits per heavy atom. The standard InChI is InChI=1S/C18H19NO.C17H19NO.C16H17NO.C15H15NO.C14H13NO.C13H11NO.Pr/c20-18(15-9-3-1-4-10-15)19(17-13-7-8-14-17)16-11-5-2-6-12-16;1-2-3-14-18(16-12-8-5-9-13-16)17(19)15-10-6-4-7-11-15;1-2-13-17(15-11-7-4-8-12-15)16(18)14-9-5-3-6-10-14;1-2-16(14-11-7-4-8-12-14)15(17)13-9-5-3-6-10-13;1-15(13-10-6-3-7-11-13)14(16)12-8-4-2-5-9-12;15-13(11-7-3-1-4-8-11)14-12-9-5-2-6-10-12;/h1-6,9-12,17H,7-8,13-14H2;4-13H,2-3,14H2,1H3;3-12H,2,13H2,1H3;3-12H,2H2,1H3;2-11H,1H3;1-10H,(H,14,15);/p-1. The molecule has 13 rings (SSSR count). The summed E-state index contributed by atoms with van der Waals surface area (Å²) in [6.45, 7) is 8.35. The molecule has 0 aliphatic heterocycles. The number of unbranched alkanes of at least 4 members (excludes halogenated alkanes) is 1. The zero-order valence-electron chi connectivity index (χ0n) is 61.0. The van der Waals surface area contributed by atoms with Crippen LogP contribution in [0.3, 0.4) is 0 Å². The molecule has 0 saturated heterocycles. The minimum absolute atomic E-state index is 0. The topological polar surface area (TPSA) is 133 Å².